The van der Waals surface area contributed by atoms with E-state index in [1.807, 2.05) is 11.1 Å². The average Bonchev–Trinajstić information content (AvgIpc) is 3.25. The number of hydrogen-bond donors (Lipinski definition) is 1. The van der Waals surface area contributed by atoms with Gasteiger partial charge in [0.05, 0.1) is 32.3 Å². The van der Waals surface area contributed by atoms with Crippen LogP contribution in [0.1, 0.15) is 41.9 Å². The molecule has 0 spiro atoms. The van der Waals surface area contributed by atoms with Gasteiger partial charge in [-0.3, -0.25) is 9.48 Å². The van der Waals surface area contributed by atoms with Gasteiger partial charge in [-0.15, -0.1) is 5.10 Å². The number of nitrogens with one attached hydrogen (secondary N) is 1. The first-order chi connectivity index (χ1) is 11.6. The van der Waals surface area contributed by atoms with E-state index < -0.39 is 0 Å². The number of piperidine rings is 1. The third-order valence-corrected chi connectivity index (χ3v) is 4.94. The fourth-order valence-corrected chi connectivity index (χ4v) is 3.45. The maximum Gasteiger partial charge on any atom is 0.276 e. The summed E-state index contributed by atoms with van der Waals surface area (Å²) in [6.45, 7) is 5.82. The van der Waals surface area contributed by atoms with Crippen LogP contribution in [0.5, 0.6) is 0 Å². The molecule has 0 saturated carbocycles. The number of rotatable bonds is 4. The summed E-state index contributed by atoms with van der Waals surface area (Å²) in [5.41, 5.74) is 1.69. The normalized spacial score (nSPS) is 20.8. The molecular formula is C16H22N6O2. The quantitative estimate of drug-likeness (QED) is 0.905. The lowest BCUT2D eigenvalue weighted by molar-refractivity contribution is -0.111. The van der Waals surface area contributed by atoms with Gasteiger partial charge in [0.25, 0.3) is 5.91 Å². The van der Waals surface area contributed by atoms with E-state index >= 15 is 0 Å². The topological polar surface area (TPSA) is 88.9 Å². The van der Waals surface area contributed by atoms with Crippen LogP contribution in [0.2, 0.25) is 0 Å². The van der Waals surface area contributed by atoms with Crippen molar-refractivity contribution in [3.05, 3.63) is 30.1 Å². The van der Waals surface area contributed by atoms with Crippen molar-refractivity contribution in [1.29, 1.82) is 0 Å². The molecule has 0 unspecified atom stereocenters. The summed E-state index contributed by atoms with van der Waals surface area (Å²) in [5, 5.41) is 8.17. The van der Waals surface area contributed by atoms with Gasteiger partial charge in [0.15, 0.2) is 5.69 Å². The third kappa shape index (κ3) is 2.93. The van der Waals surface area contributed by atoms with Crippen molar-refractivity contribution in [3.8, 4) is 0 Å². The predicted octanol–water partition coefficient (Wildman–Crippen LogP) is 1.06. The summed E-state index contributed by atoms with van der Waals surface area (Å²) in [7, 11) is 0. The van der Waals surface area contributed by atoms with E-state index in [0.717, 1.165) is 51.4 Å². The van der Waals surface area contributed by atoms with Crippen LogP contribution in [0.15, 0.2) is 18.7 Å². The van der Waals surface area contributed by atoms with E-state index in [2.05, 4.69) is 27.2 Å². The van der Waals surface area contributed by atoms with E-state index in [0.29, 0.717) is 11.6 Å². The van der Waals surface area contributed by atoms with Crippen molar-refractivity contribution in [2.75, 3.05) is 26.3 Å². The minimum Gasteiger partial charge on any atom is -0.380 e. The molecule has 4 heterocycles. The van der Waals surface area contributed by atoms with Gasteiger partial charge in [0.1, 0.15) is 0 Å². The average molecular weight is 330 g/mol. The molecule has 2 saturated heterocycles. The molecule has 2 aliphatic heterocycles. The summed E-state index contributed by atoms with van der Waals surface area (Å²) < 4.78 is 7.01. The van der Waals surface area contributed by atoms with E-state index in [4.69, 9.17) is 4.74 Å². The molecule has 128 valence electrons. The smallest absolute Gasteiger partial charge is 0.276 e. The Kier molecular flexibility index (Phi) is 3.84. The minimum atomic E-state index is -0.0284. The second-order valence-electron chi connectivity index (χ2n) is 7.18. The molecular weight excluding hydrogens is 308 g/mol. The van der Waals surface area contributed by atoms with Gasteiger partial charge in [-0.2, -0.15) is 0 Å². The van der Waals surface area contributed by atoms with Crippen molar-refractivity contribution in [3.63, 3.8) is 0 Å². The van der Waals surface area contributed by atoms with Gasteiger partial charge in [-0.25, -0.2) is 4.98 Å². The Morgan fingerprint density at radius 2 is 2.21 bits per heavy atom. The van der Waals surface area contributed by atoms with Gasteiger partial charge in [0, 0.05) is 36.3 Å². The number of aromatic amines is 1. The molecule has 0 aliphatic carbocycles. The first kappa shape index (κ1) is 15.3. The predicted molar refractivity (Wildman–Crippen MR) is 85.4 cm³/mol. The molecule has 24 heavy (non-hydrogen) atoms. The van der Waals surface area contributed by atoms with E-state index in [9.17, 15) is 4.79 Å². The van der Waals surface area contributed by atoms with Crippen LogP contribution in [0.3, 0.4) is 0 Å². The van der Waals surface area contributed by atoms with E-state index in [1.165, 1.54) is 0 Å². The standard InChI is InChI=1S/C16H22N6O2/c1-16(9-24-10-16)8-22-7-14(19-20-22)15(23)21-4-2-12(3-5-21)13-6-17-11-18-13/h6-7,11-12H,2-5,8-10H2,1H3,(H,17,18). The van der Waals surface area contributed by atoms with Gasteiger partial charge >= 0.3 is 0 Å². The molecule has 0 aromatic carbocycles. The number of amides is 1. The van der Waals surface area contributed by atoms with Crippen LogP contribution < -0.4 is 0 Å². The number of H-pyrrole nitrogens is 1. The first-order valence-corrected chi connectivity index (χ1v) is 8.38. The van der Waals surface area contributed by atoms with Gasteiger partial charge in [-0.1, -0.05) is 12.1 Å². The largest absolute Gasteiger partial charge is 0.380 e. The SMILES string of the molecule is CC1(Cn2cc(C(=O)N3CCC(c4cnc[nH]4)CC3)nn2)COC1. The zero-order valence-corrected chi connectivity index (χ0v) is 13.8. The third-order valence-electron chi connectivity index (χ3n) is 4.94. The summed E-state index contributed by atoms with van der Waals surface area (Å²) in [5.74, 6) is 0.421. The van der Waals surface area contributed by atoms with Crippen molar-refractivity contribution in [1.82, 2.24) is 29.9 Å². The molecule has 2 fully saturated rings. The summed E-state index contributed by atoms with van der Waals surface area (Å²) in [6, 6.07) is 0. The highest BCUT2D eigenvalue weighted by atomic mass is 16.5. The molecule has 0 radical (unpaired) electrons. The number of nitrogens with zero attached hydrogens (tertiary/aromatic N) is 5. The number of ether oxygens (including phenoxy) is 1. The zero-order chi connectivity index (χ0) is 16.6. The van der Waals surface area contributed by atoms with Crippen LogP contribution in [-0.4, -0.2) is 62.1 Å². The Balaban J connectivity index is 1.35. The first-order valence-electron chi connectivity index (χ1n) is 8.38. The van der Waals surface area contributed by atoms with Gasteiger partial charge in [0.2, 0.25) is 0 Å². The van der Waals surface area contributed by atoms with Crippen LogP contribution in [0.4, 0.5) is 0 Å². The maximum atomic E-state index is 12.6. The Hall–Kier alpha value is -2.22. The number of hydrogen-bond acceptors (Lipinski definition) is 5. The number of imidazole rings is 1. The van der Waals surface area contributed by atoms with Gasteiger partial charge < -0.3 is 14.6 Å². The van der Waals surface area contributed by atoms with Crippen LogP contribution in [0, 0.1) is 5.41 Å². The Labute approximate surface area is 140 Å². The number of carbonyl (C=O) groups is 1. The van der Waals surface area contributed by atoms with Crippen molar-refractivity contribution >= 4 is 5.91 Å². The maximum absolute atomic E-state index is 12.6. The van der Waals surface area contributed by atoms with Crippen molar-refractivity contribution in [2.24, 2.45) is 5.41 Å². The molecule has 2 aromatic rings. The Morgan fingerprint density at radius 1 is 1.42 bits per heavy atom. The van der Waals surface area contributed by atoms with E-state index in [1.54, 1.807) is 17.2 Å². The highest BCUT2D eigenvalue weighted by molar-refractivity contribution is 5.92. The number of likely N-dealkylation sites (tertiary alicyclic amines) is 1. The molecule has 8 heteroatoms. The van der Waals surface area contributed by atoms with Crippen LogP contribution >= 0.6 is 0 Å². The molecule has 0 atom stereocenters. The highest BCUT2D eigenvalue weighted by Gasteiger charge is 2.34. The Bertz CT molecular complexity index is 698. The summed E-state index contributed by atoms with van der Waals surface area (Å²) >= 11 is 0. The second-order valence-corrected chi connectivity index (χ2v) is 7.18. The molecule has 2 aliphatic rings. The summed E-state index contributed by atoms with van der Waals surface area (Å²) in [4.78, 5) is 21.7. The van der Waals surface area contributed by atoms with Crippen molar-refractivity contribution < 1.29 is 9.53 Å². The highest BCUT2D eigenvalue weighted by Crippen LogP contribution is 2.29. The lowest BCUT2D eigenvalue weighted by Gasteiger charge is -2.37. The monoisotopic (exact) mass is 330 g/mol. The molecule has 4 rings (SSSR count). The van der Waals surface area contributed by atoms with Crippen LogP contribution in [-0.2, 0) is 11.3 Å². The van der Waals surface area contributed by atoms with Crippen molar-refractivity contribution in [2.45, 2.75) is 32.2 Å². The Morgan fingerprint density at radius 3 is 2.83 bits per heavy atom. The summed E-state index contributed by atoms with van der Waals surface area (Å²) in [6.07, 6.45) is 7.22. The second kappa shape index (κ2) is 6.01. The molecule has 1 amide bonds. The molecule has 0 bridgehead atoms. The lowest BCUT2D eigenvalue weighted by atomic mass is 9.89. The lowest BCUT2D eigenvalue weighted by Crippen LogP contribution is -2.43. The number of aromatic nitrogens is 5. The fourth-order valence-electron chi connectivity index (χ4n) is 3.45. The minimum absolute atomic E-state index is 0.0284. The molecule has 2 aromatic heterocycles. The molecule has 1 N–H and O–H groups in total. The molecule has 8 nitrogen and oxygen atoms in total. The fraction of sp³-hybridized carbons (Fsp3) is 0.625. The van der Waals surface area contributed by atoms with E-state index in [-0.39, 0.29) is 11.3 Å². The zero-order valence-electron chi connectivity index (χ0n) is 13.8. The van der Waals surface area contributed by atoms with Gasteiger partial charge in [-0.05, 0) is 12.8 Å². The van der Waals surface area contributed by atoms with Crippen LogP contribution in [0.25, 0.3) is 0 Å². The number of carbonyl (C=O) groups excluding carboxylic acids is 1.